The van der Waals surface area contributed by atoms with Gasteiger partial charge in [0, 0.05) is 89.6 Å². The van der Waals surface area contributed by atoms with Gasteiger partial charge in [-0.05, 0) is 130 Å². The van der Waals surface area contributed by atoms with E-state index in [2.05, 4.69) is 98.2 Å². The maximum absolute atomic E-state index is 13.1. The second kappa shape index (κ2) is 62.9. The van der Waals surface area contributed by atoms with Gasteiger partial charge in [0.15, 0.2) is 11.9 Å². The Morgan fingerprint density at radius 2 is 1.02 bits per heavy atom. The Balaban J connectivity index is 0.000000617. The van der Waals surface area contributed by atoms with Crippen LogP contribution in [-0.2, 0) is 39.0 Å². The molecule has 0 aromatic heterocycles. The van der Waals surface area contributed by atoms with Crippen molar-refractivity contribution in [1.29, 1.82) is 0.594 Å². The van der Waals surface area contributed by atoms with Crippen LogP contribution in [0.4, 0.5) is 7.65 Å². The number of fused-ring (bicyclic) bond motifs is 3. The second-order valence-corrected chi connectivity index (χ2v) is 28.6. The van der Waals surface area contributed by atoms with Crippen LogP contribution in [0.25, 0.3) is 11.1 Å². The average Bonchev–Trinajstić information content (AvgIpc) is 1.34. The Morgan fingerprint density at radius 3 is 1.56 bits per heavy atom. The van der Waals surface area contributed by atoms with Gasteiger partial charge in [-0.2, -0.15) is 0 Å². The number of carbonyl (C=O) groups is 7. The standard InChI is InChI=1S/C44H44N2O5.C28H59N9O2.C13H26N2O3.CH4FI.CH4/c47-31-33-23-25-36(26-24-33)44(34-15-5-3-6-16-34,35-17-7-4-8-18-35)46(30-27-42(48)49)29-14-2-1-13-28-45-43(50)51-32-41-39-21-11-9-19-37(39)38-20-10-12-22-40(38)41;1-3-4-5-6-11-18-33-25(38)16-24-37(22-15-10-8-13-20-35-28(31)32)26(39)17-23-36(2)21-14-9-7-12-19-34-27(29)30;1-2-10-15-12(16)7-8-13(17)18-11-6-4-3-5-9-14;1-3-2;/h3-12,15-26,31,41H,1-2,13-14,27-30,32H2,(H,45,50)(H,48,49);3-24H2,1-2H3,(H,33,38)(H4,29,30,34)(H4,31,32,35);2-11,14H2,1H3,(H,15,16);3H,1H3;1H4/i;;;3T;. The van der Waals surface area contributed by atoms with E-state index in [1.54, 1.807) is 0 Å². The van der Waals surface area contributed by atoms with Crippen LogP contribution in [0.5, 0.6) is 0 Å². The number of benzene rings is 5. The Hall–Kier alpha value is -8.53. The number of halogens is 2. The van der Waals surface area contributed by atoms with Gasteiger partial charge in [-0.25, -0.2) is 4.79 Å². The molecule has 0 saturated carbocycles. The van der Waals surface area contributed by atoms with Crippen LogP contribution in [0.2, 0.25) is 0 Å². The first-order valence-electron chi connectivity index (χ1n) is 40.6. The molecule has 0 fully saturated rings. The molecule has 0 aliphatic heterocycles. The molecular weight excluding hydrogens is 1530 g/mol. The number of amides is 4. The van der Waals surface area contributed by atoms with E-state index in [-0.39, 0.29) is 74.8 Å². The molecule has 6 rings (SSSR count). The molecule has 0 atom stereocenters. The molecule has 23 nitrogen and oxygen atoms in total. The number of nitrogens with one attached hydrogen (secondary N) is 3. The number of unbranched alkanes of at least 4 members (excludes halogenated alkanes) is 16. The van der Waals surface area contributed by atoms with Gasteiger partial charge in [-0.1, -0.05) is 232 Å². The van der Waals surface area contributed by atoms with Crippen molar-refractivity contribution in [1.82, 2.24) is 30.7 Å². The molecule has 0 bridgehead atoms. The van der Waals surface area contributed by atoms with Crippen molar-refractivity contribution in [3.05, 3.63) is 167 Å². The molecule has 1 aliphatic carbocycles. The van der Waals surface area contributed by atoms with E-state index in [0.717, 1.165) is 152 Å². The Morgan fingerprint density at radius 1 is 0.536 bits per heavy atom. The van der Waals surface area contributed by atoms with Gasteiger partial charge in [0.2, 0.25) is 17.7 Å². The first-order chi connectivity index (χ1) is 54.2. The molecule has 0 spiro atoms. The molecule has 624 valence electrons. The summed E-state index contributed by atoms with van der Waals surface area (Å²) in [5, 5.41) is 18.5. The number of guanidine groups is 2. The third-order valence-electron chi connectivity index (χ3n) is 19.0. The number of nitrogens with zero attached hydrogens (tertiary/aromatic N) is 5. The number of carboxylic acids is 1. The molecule has 0 radical (unpaired) electrons. The predicted molar refractivity (Wildman–Crippen MR) is 464 cm³/mol. The fourth-order valence-electron chi connectivity index (χ4n) is 13.2. The maximum atomic E-state index is 13.1. The predicted octanol–water partition coefficient (Wildman–Crippen LogP) is 14.1. The van der Waals surface area contributed by atoms with E-state index < -0.39 is 39.2 Å². The van der Waals surface area contributed by atoms with E-state index in [4.69, 9.17) is 38.7 Å². The zero-order valence-corrected chi connectivity index (χ0v) is 69.0. The summed E-state index contributed by atoms with van der Waals surface area (Å²) in [6, 6.07) is 44.5. The number of hydrogen-bond donors (Lipinski definition) is 9. The van der Waals surface area contributed by atoms with Gasteiger partial charge in [0.05, 0.1) is 25.0 Å². The van der Waals surface area contributed by atoms with Crippen LogP contribution >= 0.6 is 21.6 Å². The van der Waals surface area contributed by atoms with Crippen molar-refractivity contribution in [2.75, 3.05) is 104 Å². The summed E-state index contributed by atoms with van der Waals surface area (Å²) < 4.78 is 27.6. The van der Waals surface area contributed by atoms with Gasteiger partial charge >= 0.3 is 48.0 Å². The molecule has 0 heterocycles. The van der Waals surface area contributed by atoms with Crippen molar-refractivity contribution < 1.29 is 51.0 Å². The molecule has 25 heteroatoms. The topological polar surface area (TPSA) is 359 Å². The summed E-state index contributed by atoms with van der Waals surface area (Å²) in [6.45, 7) is 12.6. The molecule has 5 aromatic rings. The number of carboxylic acid groups (broad SMARTS) is 1. The summed E-state index contributed by atoms with van der Waals surface area (Å²) in [7, 11) is 2.06. The number of hydrogen-bond acceptors (Lipinski definition) is 14. The molecule has 112 heavy (non-hydrogen) atoms. The van der Waals surface area contributed by atoms with Crippen molar-refractivity contribution in [3.8, 4) is 11.1 Å². The number of aliphatic imine (C=N–C) groups is 2. The fraction of sp³-hybridized carbons (Fsp3) is 0.552. The zero-order valence-electron chi connectivity index (χ0n) is 67.8. The van der Waals surface area contributed by atoms with Crippen LogP contribution in [0.3, 0.4) is 0 Å². The molecule has 1 aliphatic rings. The van der Waals surface area contributed by atoms with E-state index in [0.29, 0.717) is 97.0 Å². The van der Waals surface area contributed by atoms with E-state index in [1.807, 2.05) is 96.8 Å². The fourth-order valence-corrected chi connectivity index (χ4v) is 13.2. The molecule has 14 N–H and O–H groups in total. The van der Waals surface area contributed by atoms with Crippen molar-refractivity contribution in [2.24, 2.45) is 38.7 Å². The number of aliphatic carboxylic acids is 1. The summed E-state index contributed by atoms with van der Waals surface area (Å²) >= 11 is -2.51. The van der Waals surface area contributed by atoms with Crippen molar-refractivity contribution >= 4 is 75.5 Å². The number of alkyl carbamates (subject to hydrolysis) is 1. The Labute approximate surface area is 680 Å². The Bertz CT molecular complexity index is 3380. The SMILES string of the molecule is C.CCCCCCCNC(=O)CCN(CCCCCCN=C(N)N)C(=O)CCN(C)CCCCCCN=C(N)N.CCCNC(=O)CCC(=O)OCCCCCCN.O=Cc1ccc(C(c2ccccc2)(c2ccccc2)N(CCCCCCNC(=O)OCC2c3ccccc3-c3ccccc32)CCC(=O)O)cc1.[3H]I(C)F. The monoisotopic (exact) mass is 1670 g/mol. The van der Waals surface area contributed by atoms with Gasteiger partial charge in [-0.15, -0.1) is 0 Å². The molecule has 0 unspecified atom stereocenters. The van der Waals surface area contributed by atoms with Crippen molar-refractivity contribution in [3.63, 3.8) is 0 Å². The minimum absolute atomic E-state index is 0. The molecule has 5 aromatic carbocycles. The third-order valence-corrected chi connectivity index (χ3v) is 19.0. The summed E-state index contributed by atoms with van der Waals surface area (Å²) in [5.74, 6) is -0.796. The van der Waals surface area contributed by atoms with Crippen LogP contribution < -0.4 is 44.6 Å². The van der Waals surface area contributed by atoms with Crippen LogP contribution in [0.15, 0.2) is 143 Å². The molecular formula is C87H137FIN13O10. The number of esters is 1. The third kappa shape index (κ3) is 41.8. The van der Waals surface area contributed by atoms with Crippen molar-refractivity contribution in [2.45, 2.75) is 206 Å². The molecule has 4 amide bonds. The number of rotatable bonds is 54. The number of nitrogens with two attached hydrogens (primary N) is 5. The Kier molecular flexibility index (Phi) is 54.9. The number of aldehydes is 1. The second-order valence-electron chi connectivity index (χ2n) is 27.8. The molecule has 0 saturated heterocycles. The number of carbonyl (C=O) groups excluding carboxylic acids is 6. The van der Waals surface area contributed by atoms with Crippen LogP contribution in [0.1, 0.15) is 239 Å². The van der Waals surface area contributed by atoms with Gasteiger partial charge in [0.1, 0.15) is 12.9 Å². The van der Waals surface area contributed by atoms with E-state index in [9.17, 15) is 41.5 Å². The minimum atomic E-state index is -2.51. The van der Waals surface area contributed by atoms with Gasteiger partial charge in [-0.3, -0.25) is 43.7 Å². The van der Waals surface area contributed by atoms with Gasteiger partial charge in [0.25, 0.3) is 0 Å². The summed E-state index contributed by atoms with van der Waals surface area (Å²) in [5.41, 5.74) is 34.4. The summed E-state index contributed by atoms with van der Waals surface area (Å²) in [4.78, 5) is 99.8. The number of ether oxygens (including phenoxy) is 2. The normalized spacial score (nSPS) is 11.4. The first-order valence-corrected chi connectivity index (χ1v) is 43.2. The average molecular weight is 1670 g/mol. The van der Waals surface area contributed by atoms with Gasteiger partial charge < -0.3 is 69.0 Å². The summed E-state index contributed by atoms with van der Waals surface area (Å²) in [6.07, 6.45) is 23.8. The van der Waals surface area contributed by atoms with E-state index in [1.165, 1.54) is 46.4 Å². The van der Waals surface area contributed by atoms with Crippen LogP contribution in [0, 0.1) is 0 Å². The quantitative estimate of drug-likeness (QED) is 0.00255. The first kappa shape index (κ1) is 97.7. The van der Waals surface area contributed by atoms with E-state index >= 15 is 0 Å². The van der Waals surface area contributed by atoms with Crippen LogP contribution in [-0.4, -0.2) is 178 Å². The zero-order chi connectivity index (χ0) is 81.8. The number of alkyl halides is 1.